The van der Waals surface area contributed by atoms with Crippen molar-refractivity contribution in [1.29, 1.82) is 0 Å². The van der Waals surface area contributed by atoms with Crippen LogP contribution in [0.25, 0.3) is 11.4 Å². The van der Waals surface area contributed by atoms with E-state index >= 15 is 0 Å². The topological polar surface area (TPSA) is 79.1 Å². The van der Waals surface area contributed by atoms with Gasteiger partial charge in [-0.2, -0.15) is 4.80 Å². The average molecular weight is 563 g/mol. The number of esters is 1. The van der Waals surface area contributed by atoms with E-state index in [1.165, 1.54) is 89.9 Å². The van der Waals surface area contributed by atoms with Gasteiger partial charge in [0.05, 0.1) is 18.7 Å². The molecule has 0 saturated heterocycles. The van der Waals surface area contributed by atoms with Crippen molar-refractivity contribution < 1.29 is 14.3 Å². The molecule has 3 aromatic rings. The van der Waals surface area contributed by atoms with Crippen LogP contribution < -0.4 is 9.47 Å². The summed E-state index contributed by atoms with van der Waals surface area (Å²) in [5.41, 5.74) is 1.32. The third-order valence-electron chi connectivity index (χ3n) is 7.34. The van der Waals surface area contributed by atoms with E-state index in [1.807, 2.05) is 24.3 Å². The molecule has 0 N–H and O–H groups in total. The van der Waals surface area contributed by atoms with Crippen LogP contribution in [0.1, 0.15) is 127 Å². The fourth-order valence-corrected chi connectivity index (χ4v) is 4.79. The summed E-state index contributed by atoms with van der Waals surface area (Å²) in [7, 11) is 0. The van der Waals surface area contributed by atoms with Gasteiger partial charge in [0.2, 0.25) is 5.82 Å². The number of aryl methyl sites for hydroxylation is 1. The smallest absolute Gasteiger partial charge is 0.343 e. The number of unbranched alkanes of at least 4 members (excludes halogenated alkanes) is 14. The molecule has 0 radical (unpaired) electrons. The van der Waals surface area contributed by atoms with Crippen molar-refractivity contribution in [2.45, 2.75) is 123 Å². The predicted molar refractivity (Wildman–Crippen MR) is 165 cm³/mol. The van der Waals surface area contributed by atoms with Gasteiger partial charge in [0.25, 0.3) is 0 Å². The molecule has 7 nitrogen and oxygen atoms in total. The molecule has 1 aromatic heterocycles. The second-order valence-corrected chi connectivity index (χ2v) is 10.9. The lowest BCUT2D eigenvalue weighted by atomic mass is 10.1. The average Bonchev–Trinajstić information content (AvgIpc) is 3.47. The van der Waals surface area contributed by atoms with Gasteiger partial charge in [-0.25, -0.2) is 4.79 Å². The highest BCUT2D eigenvalue weighted by atomic mass is 16.5. The number of benzene rings is 2. The minimum Gasteiger partial charge on any atom is -0.494 e. The molecule has 41 heavy (non-hydrogen) atoms. The molecule has 2 aromatic carbocycles. The number of tetrazole rings is 1. The quantitative estimate of drug-likeness (QED) is 0.0690. The summed E-state index contributed by atoms with van der Waals surface area (Å²) in [4.78, 5) is 14.3. The van der Waals surface area contributed by atoms with Crippen molar-refractivity contribution in [2.75, 3.05) is 6.61 Å². The molecule has 3 rings (SSSR count). The maximum atomic E-state index is 12.6. The van der Waals surface area contributed by atoms with Crippen molar-refractivity contribution >= 4 is 5.97 Å². The number of aromatic nitrogens is 4. The Balaban J connectivity index is 1.33. The molecule has 0 aliphatic rings. The van der Waals surface area contributed by atoms with E-state index in [9.17, 15) is 4.79 Å². The zero-order valence-corrected chi connectivity index (χ0v) is 25.4. The first-order chi connectivity index (χ1) is 20.2. The third-order valence-corrected chi connectivity index (χ3v) is 7.34. The molecule has 0 unspecified atom stereocenters. The van der Waals surface area contributed by atoms with E-state index in [0.717, 1.165) is 30.7 Å². The van der Waals surface area contributed by atoms with Gasteiger partial charge in [-0.05, 0) is 66.6 Å². The summed E-state index contributed by atoms with van der Waals surface area (Å²) in [6.07, 6.45) is 20.3. The van der Waals surface area contributed by atoms with Crippen LogP contribution in [0, 0.1) is 0 Å². The van der Waals surface area contributed by atoms with Gasteiger partial charge in [-0.1, -0.05) is 104 Å². The summed E-state index contributed by atoms with van der Waals surface area (Å²) < 4.78 is 11.4. The standard InChI is InChI=1S/C34H50N4O3/c1-3-5-7-9-11-13-15-17-27-38-36-33(35-37-38)29-19-25-32(26-20-29)41-34(39)30-21-23-31(24-22-30)40-28-18-16-14-12-10-8-6-4-2/h19-26H,3-18,27-28H2,1-2H3. The maximum absolute atomic E-state index is 12.6. The van der Waals surface area contributed by atoms with E-state index < -0.39 is 5.97 Å². The molecule has 0 saturated carbocycles. The molecule has 0 fully saturated rings. The van der Waals surface area contributed by atoms with E-state index in [0.29, 0.717) is 23.7 Å². The number of rotatable bonds is 22. The lowest BCUT2D eigenvalue weighted by molar-refractivity contribution is 0.0734. The lowest BCUT2D eigenvalue weighted by Gasteiger charge is -2.08. The van der Waals surface area contributed by atoms with Gasteiger partial charge in [-0.3, -0.25) is 0 Å². The number of ether oxygens (including phenoxy) is 2. The molecule has 0 bridgehead atoms. The van der Waals surface area contributed by atoms with Crippen LogP contribution in [0.15, 0.2) is 48.5 Å². The van der Waals surface area contributed by atoms with Crippen LogP contribution in [0.2, 0.25) is 0 Å². The van der Waals surface area contributed by atoms with Crippen molar-refractivity contribution in [2.24, 2.45) is 0 Å². The van der Waals surface area contributed by atoms with Gasteiger partial charge in [0.1, 0.15) is 11.5 Å². The Bertz CT molecular complexity index is 1100. The van der Waals surface area contributed by atoms with Crippen molar-refractivity contribution in [3.63, 3.8) is 0 Å². The Hall–Kier alpha value is -3.22. The predicted octanol–water partition coefficient (Wildman–Crippen LogP) is 9.22. The minimum atomic E-state index is -0.401. The summed E-state index contributed by atoms with van der Waals surface area (Å²) in [5, 5.41) is 12.9. The SMILES string of the molecule is CCCCCCCCCCOc1ccc(C(=O)Oc2ccc(-c3nnn(CCCCCCCCCC)n3)cc2)cc1. The number of carbonyl (C=O) groups is 1. The number of hydrogen-bond acceptors (Lipinski definition) is 6. The molecule has 0 aliphatic heterocycles. The summed E-state index contributed by atoms with van der Waals surface area (Å²) in [5.74, 6) is 1.42. The Kier molecular flexibility index (Phi) is 15.6. The van der Waals surface area contributed by atoms with Crippen LogP contribution >= 0.6 is 0 Å². The Labute approximate surface area is 247 Å². The largest absolute Gasteiger partial charge is 0.494 e. The highest BCUT2D eigenvalue weighted by Crippen LogP contribution is 2.21. The Morgan fingerprint density at radius 2 is 1.20 bits per heavy atom. The van der Waals surface area contributed by atoms with Gasteiger partial charge >= 0.3 is 5.97 Å². The van der Waals surface area contributed by atoms with Gasteiger partial charge in [0, 0.05) is 5.56 Å². The summed E-state index contributed by atoms with van der Waals surface area (Å²) in [6, 6.07) is 14.4. The van der Waals surface area contributed by atoms with E-state index in [-0.39, 0.29) is 0 Å². The molecule has 224 valence electrons. The summed E-state index contributed by atoms with van der Waals surface area (Å²) in [6.45, 7) is 5.98. The van der Waals surface area contributed by atoms with E-state index in [1.54, 1.807) is 29.1 Å². The van der Waals surface area contributed by atoms with Crippen LogP contribution in [0.3, 0.4) is 0 Å². The number of nitrogens with zero attached hydrogens (tertiary/aromatic N) is 4. The highest BCUT2D eigenvalue weighted by molar-refractivity contribution is 5.91. The first-order valence-electron chi connectivity index (χ1n) is 16.0. The zero-order chi connectivity index (χ0) is 29.0. The molecule has 0 aliphatic carbocycles. The van der Waals surface area contributed by atoms with Crippen LogP contribution in [-0.4, -0.2) is 32.8 Å². The highest BCUT2D eigenvalue weighted by Gasteiger charge is 2.11. The third kappa shape index (κ3) is 12.9. The van der Waals surface area contributed by atoms with Crippen LogP contribution in [-0.2, 0) is 6.54 Å². The molecule has 1 heterocycles. The van der Waals surface area contributed by atoms with E-state index in [4.69, 9.17) is 9.47 Å². The fraction of sp³-hybridized carbons (Fsp3) is 0.588. The number of carbonyl (C=O) groups excluding carboxylic acids is 1. The first-order valence-corrected chi connectivity index (χ1v) is 16.0. The molecule has 7 heteroatoms. The maximum Gasteiger partial charge on any atom is 0.343 e. The lowest BCUT2D eigenvalue weighted by Crippen LogP contribution is -2.08. The first kappa shape index (κ1) is 32.3. The van der Waals surface area contributed by atoms with Crippen molar-refractivity contribution in [3.05, 3.63) is 54.1 Å². The molecular formula is C34H50N4O3. The van der Waals surface area contributed by atoms with Crippen molar-refractivity contribution in [3.8, 4) is 22.9 Å². The molecule has 0 spiro atoms. The normalized spacial score (nSPS) is 11.1. The molecular weight excluding hydrogens is 512 g/mol. The zero-order valence-electron chi connectivity index (χ0n) is 25.4. The second-order valence-electron chi connectivity index (χ2n) is 10.9. The van der Waals surface area contributed by atoms with Crippen LogP contribution in [0.4, 0.5) is 0 Å². The fourth-order valence-electron chi connectivity index (χ4n) is 4.79. The van der Waals surface area contributed by atoms with Crippen molar-refractivity contribution in [1.82, 2.24) is 20.2 Å². The van der Waals surface area contributed by atoms with E-state index in [2.05, 4.69) is 29.3 Å². The second kappa shape index (κ2) is 19.8. The monoisotopic (exact) mass is 562 g/mol. The molecule has 0 amide bonds. The Morgan fingerprint density at radius 3 is 1.80 bits per heavy atom. The van der Waals surface area contributed by atoms with Crippen LogP contribution in [0.5, 0.6) is 11.5 Å². The van der Waals surface area contributed by atoms with Gasteiger partial charge in [-0.15, -0.1) is 10.2 Å². The minimum absolute atomic E-state index is 0.401. The van der Waals surface area contributed by atoms with Gasteiger partial charge < -0.3 is 9.47 Å². The molecule has 0 atom stereocenters. The summed E-state index contributed by atoms with van der Waals surface area (Å²) >= 11 is 0. The number of hydrogen-bond donors (Lipinski definition) is 0. The van der Waals surface area contributed by atoms with Gasteiger partial charge in [0.15, 0.2) is 0 Å². The Morgan fingerprint density at radius 1 is 0.659 bits per heavy atom.